The number of aromatic amines is 1. The first-order chi connectivity index (χ1) is 53.8. The molecule has 0 unspecified atom stereocenters. The highest BCUT2D eigenvalue weighted by Crippen LogP contribution is 2.48. The summed E-state index contributed by atoms with van der Waals surface area (Å²) in [5, 5.41) is 39.9. The molecule has 8 aromatic carbocycles. The number of methoxy groups -OCH3 is 8. The van der Waals surface area contributed by atoms with Crippen LogP contribution in [0.3, 0.4) is 0 Å². The van der Waals surface area contributed by atoms with E-state index in [0.717, 1.165) is 27.9 Å². The van der Waals surface area contributed by atoms with Crippen molar-refractivity contribution < 1.29 is 37.9 Å². The number of nitrogens with one attached hydrogen (secondary N) is 1. The van der Waals surface area contributed by atoms with E-state index in [9.17, 15) is 0 Å². The number of aromatic nitrogens is 20. The fourth-order valence-corrected chi connectivity index (χ4v) is 13.5. The summed E-state index contributed by atoms with van der Waals surface area (Å²) in [6.45, 7) is 0. The molecule has 0 aliphatic heterocycles. The van der Waals surface area contributed by atoms with E-state index in [1.165, 1.54) is 61.7 Å². The molecule has 1 N–H and O–H groups in total. The van der Waals surface area contributed by atoms with E-state index in [2.05, 4.69) is 86.1 Å². The Balaban J connectivity index is 0.000000130. The summed E-state index contributed by atoms with van der Waals surface area (Å²) in [5.74, 6) is 1.95. The van der Waals surface area contributed by atoms with Crippen molar-refractivity contribution in [3.63, 3.8) is 0 Å². The zero-order chi connectivity index (χ0) is 78.5. The van der Waals surface area contributed by atoms with Gasteiger partial charge in [0.05, 0.1) is 147 Å². The number of fused-ring (bicyclic) bond motifs is 4. The van der Waals surface area contributed by atoms with Crippen LogP contribution < -0.4 is 37.9 Å². The molecule has 16 rings (SSSR count). The maximum atomic E-state index is 6.62. The molecular formula is C75H58Cl8N20O8. The number of nitrogens with zero attached hydrogens (tertiary/aromatic N) is 19. The molecule has 0 aliphatic carbocycles. The average molecular weight is 1650 g/mol. The molecule has 562 valence electrons. The monoisotopic (exact) mass is 1650 g/mol. The molecule has 0 saturated carbocycles. The Morgan fingerprint density at radius 1 is 0.288 bits per heavy atom. The molecule has 0 bridgehead atoms. The molecule has 0 radical (unpaired) electrons. The normalized spacial score (nSPS) is 11.0. The van der Waals surface area contributed by atoms with E-state index in [1.807, 2.05) is 128 Å². The number of H-pyrrole nitrogens is 1. The van der Waals surface area contributed by atoms with Gasteiger partial charge in [0.15, 0.2) is 0 Å². The largest absolute Gasteiger partial charge is 0.477 e. The second-order valence-electron chi connectivity index (χ2n) is 23.3. The fraction of sp³-hybridized carbons (Fsp3) is 0.147. The van der Waals surface area contributed by atoms with Crippen molar-refractivity contribution in [2.45, 2.75) is 0 Å². The third-order valence-corrected chi connectivity index (χ3v) is 19.9. The molecule has 28 nitrogen and oxygen atoms in total. The van der Waals surface area contributed by atoms with Crippen molar-refractivity contribution >= 4 is 137 Å². The maximum absolute atomic E-state index is 6.62. The molecular weight excluding hydrogens is 1590 g/mol. The van der Waals surface area contributed by atoms with Crippen LogP contribution in [0.4, 0.5) is 0 Å². The quantitative estimate of drug-likeness (QED) is 0.0939. The molecule has 0 aliphatic rings. The van der Waals surface area contributed by atoms with Crippen LogP contribution in [0.15, 0.2) is 146 Å². The van der Waals surface area contributed by atoms with Crippen molar-refractivity contribution in [2.75, 3.05) is 56.9 Å². The van der Waals surface area contributed by atoms with Gasteiger partial charge in [-0.3, -0.25) is 0 Å². The third kappa shape index (κ3) is 15.3. The van der Waals surface area contributed by atoms with Gasteiger partial charge in [0.1, 0.15) is 61.9 Å². The fourth-order valence-electron chi connectivity index (χ4n) is 11.8. The van der Waals surface area contributed by atoms with Crippen molar-refractivity contribution in [3.05, 3.63) is 186 Å². The number of ether oxygens (including phenoxy) is 8. The van der Waals surface area contributed by atoms with E-state index in [0.29, 0.717) is 146 Å². The van der Waals surface area contributed by atoms with Crippen molar-refractivity contribution in [1.82, 2.24) is 100 Å². The second-order valence-corrected chi connectivity index (χ2v) is 26.5. The van der Waals surface area contributed by atoms with Gasteiger partial charge < -0.3 is 37.9 Å². The summed E-state index contributed by atoms with van der Waals surface area (Å²) in [6.07, 6.45) is 0. The summed E-state index contributed by atoms with van der Waals surface area (Å²) in [7, 11) is 17.3. The number of hydrogen-bond donors (Lipinski definition) is 1. The first kappa shape index (κ1) is 77.6. The molecule has 0 fully saturated rings. The number of rotatable bonds is 16. The summed E-state index contributed by atoms with van der Waals surface area (Å²) in [5.41, 5.74) is 14.7. The summed E-state index contributed by atoms with van der Waals surface area (Å²) in [4.78, 5) is 37.5. The first-order valence-electron chi connectivity index (χ1n) is 32.7. The van der Waals surface area contributed by atoms with E-state index in [1.54, 1.807) is 47.7 Å². The van der Waals surface area contributed by atoms with Gasteiger partial charge in [0.25, 0.3) is 47.0 Å². The number of halogens is 8. The first-order valence-corrected chi connectivity index (χ1v) is 35.7. The van der Waals surface area contributed by atoms with E-state index in [-0.39, 0.29) is 47.0 Å². The van der Waals surface area contributed by atoms with Crippen LogP contribution in [0.5, 0.6) is 47.0 Å². The molecule has 0 saturated heterocycles. The highest BCUT2D eigenvalue weighted by molar-refractivity contribution is 6.47. The van der Waals surface area contributed by atoms with Crippen molar-refractivity contribution in [1.29, 1.82) is 0 Å². The molecule has 0 spiro atoms. The smallest absolute Gasteiger partial charge is 0.278 e. The van der Waals surface area contributed by atoms with Gasteiger partial charge in [-0.25, -0.2) is 49.2 Å². The van der Waals surface area contributed by atoms with Gasteiger partial charge in [0.2, 0.25) is 0 Å². The number of hydrogen-bond acceptors (Lipinski definition) is 24. The second kappa shape index (κ2) is 33.7. The minimum Gasteiger partial charge on any atom is -0.477 e. The Morgan fingerprint density at radius 3 is 0.946 bits per heavy atom. The van der Waals surface area contributed by atoms with Gasteiger partial charge in [-0.15, -0.1) is 10.2 Å². The predicted octanol–water partition coefficient (Wildman–Crippen LogP) is 17.7. The Kier molecular flexibility index (Phi) is 23.6. The van der Waals surface area contributed by atoms with Crippen molar-refractivity contribution in [2.24, 2.45) is 21.1 Å². The van der Waals surface area contributed by atoms with Gasteiger partial charge in [-0.2, -0.15) is 30.4 Å². The molecule has 36 heteroatoms. The third-order valence-electron chi connectivity index (χ3n) is 16.8. The lowest BCUT2D eigenvalue weighted by atomic mass is 10.0. The predicted molar refractivity (Wildman–Crippen MR) is 428 cm³/mol. The van der Waals surface area contributed by atoms with Crippen molar-refractivity contribution in [3.8, 4) is 137 Å². The lowest BCUT2D eigenvalue weighted by Crippen LogP contribution is -2.01. The molecule has 0 amide bonds. The van der Waals surface area contributed by atoms with Crippen LogP contribution in [0.1, 0.15) is 0 Å². The van der Waals surface area contributed by atoms with E-state index >= 15 is 0 Å². The Hall–Kier alpha value is -11.6. The average Bonchev–Trinajstić information content (AvgIpc) is 1.75. The summed E-state index contributed by atoms with van der Waals surface area (Å²) < 4.78 is 45.5. The summed E-state index contributed by atoms with van der Waals surface area (Å²) in [6, 6.07) is 45.3. The van der Waals surface area contributed by atoms with E-state index < -0.39 is 0 Å². The van der Waals surface area contributed by atoms with Gasteiger partial charge in [-0.1, -0.05) is 225 Å². The molecule has 111 heavy (non-hydrogen) atoms. The molecule has 0 atom stereocenters. The molecule has 8 aromatic heterocycles. The minimum atomic E-state index is 0.231. The number of aryl methyl sites for hydroxylation is 3. The molecule has 16 aromatic rings. The minimum absolute atomic E-state index is 0.231. The van der Waals surface area contributed by atoms with Crippen LogP contribution >= 0.6 is 92.8 Å². The zero-order valence-electron chi connectivity index (χ0n) is 60.1. The van der Waals surface area contributed by atoms with E-state index in [4.69, 9.17) is 131 Å². The Labute approximate surface area is 671 Å². The van der Waals surface area contributed by atoms with Gasteiger partial charge in [0, 0.05) is 43.4 Å². The van der Waals surface area contributed by atoms with Crippen LogP contribution in [-0.4, -0.2) is 157 Å². The highest BCUT2D eigenvalue weighted by atomic mass is 35.5. The summed E-state index contributed by atoms with van der Waals surface area (Å²) >= 11 is 51.9. The van der Waals surface area contributed by atoms with Gasteiger partial charge >= 0.3 is 0 Å². The zero-order valence-corrected chi connectivity index (χ0v) is 66.2. The lowest BCUT2D eigenvalue weighted by molar-refractivity contribution is 0.334. The topological polar surface area (TPSA) is 311 Å². The van der Waals surface area contributed by atoms with Crippen LogP contribution in [0.2, 0.25) is 40.2 Å². The SMILES string of the molecule is COc1nc2cc(Cl)c(Cl)c(-c3c(-c4ccccc4)nnn3C)c2nc1OC.COc1nc2cc(Cl)c(Cl)c(-c3n[nH]nc3-c3ccccc3)c2nc1OC.COc1nc2cc(Cl)c(Cl)c(-c3nn(C)nc3-c3ccccc3)c2nc1OC.COc1nc2cc(Cl)c(Cl)c(-c3nnn(C)c3-c3ccccc3)c2nc1OC. The highest BCUT2D eigenvalue weighted by Gasteiger charge is 2.30. The van der Waals surface area contributed by atoms with Crippen LogP contribution in [0, 0.1) is 0 Å². The molecule has 8 heterocycles. The maximum Gasteiger partial charge on any atom is 0.278 e. The lowest BCUT2D eigenvalue weighted by Gasteiger charge is -2.13. The van der Waals surface area contributed by atoms with Gasteiger partial charge in [-0.05, 0) is 24.3 Å². The van der Waals surface area contributed by atoms with Crippen LogP contribution in [0.25, 0.3) is 134 Å². The Bertz CT molecular complexity index is 6010. The standard InChI is InChI=1S/3C19H15Cl2N5O2.C18H13Cl2N5O2/c1-26-17(10-7-5-4-6-8-10)16(24-25-26)13-14(21)11(20)9-12-15(13)23-19(28-3)18(22-12)27-2;1-26-17(15(24-25-26)10-7-5-4-6-8-10)13-14(21)11(20)9-12-16(13)23-19(28-3)18(22-12)27-2;1-26-24-15(10-7-5-4-6-8-10)17(25-26)13-14(21)11(20)9-12-16(13)23-19(28-3)18(22-12)27-2;1-26-17-18(27-2)22-15-11(21-17)8-10(19)13(20)12(15)16-14(23-25-24-16)9-6-4-3-5-7-9/h3*4-9H,1-3H3;3-8H,1-2H3,(H,23,24,25). The Morgan fingerprint density at radius 2 is 0.568 bits per heavy atom. The number of benzene rings is 8. The van der Waals surface area contributed by atoms with Crippen LogP contribution in [-0.2, 0) is 21.1 Å².